The molecule has 1 fully saturated rings. The van der Waals surface area contributed by atoms with Crippen LogP contribution in [0.1, 0.15) is 5.69 Å². The number of aromatic nitrogens is 1. The Morgan fingerprint density at radius 3 is 2.79 bits per heavy atom. The molecule has 0 unspecified atom stereocenters. The summed E-state index contributed by atoms with van der Waals surface area (Å²) >= 11 is 6.65. The summed E-state index contributed by atoms with van der Waals surface area (Å²) in [4.78, 5) is 19.0. The van der Waals surface area contributed by atoms with Crippen LogP contribution in [0, 0.1) is 0 Å². The number of carbonyl (C=O) groups excluding carboxylic acids is 1. The van der Waals surface area contributed by atoms with Crippen molar-refractivity contribution in [2.45, 2.75) is 0 Å². The number of fused-ring (bicyclic) bond motifs is 1. The smallest absolute Gasteiger partial charge is 0.270 e. The normalized spacial score (nSPS) is 18.3. The Balaban J connectivity index is 1.66. The van der Waals surface area contributed by atoms with E-state index in [9.17, 15) is 4.79 Å². The van der Waals surface area contributed by atoms with E-state index in [1.54, 1.807) is 24.4 Å². The van der Waals surface area contributed by atoms with E-state index < -0.39 is 0 Å². The van der Waals surface area contributed by atoms with E-state index in [0.29, 0.717) is 39.6 Å². The van der Waals surface area contributed by atoms with E-state index >= 15 is 0 Å². The fraction of sp³-hybridized carbons (Fsp3) is 0.118. The summed E-state index contributed by atoms with van der Waals surface area (Å²) in [6.45, 7) is 1.02. The second kappa shape index (κ2) is 6.26. The van der Waals surface area contributed by atoms with Crippen molar-refractivity contribution in [2.75, 3.05) is 18.1 Å². The Labute approximate surface area is 148 Å². The number of nitrogens with zero attached hydrogens (tertiary/aromatic N) is 2. The fourth-order valence-electron chi connectivity index (χ4n) is 2.46. The predicted octanol–water partition coefficient (Wildman–Crippen LogP) is 3.26. The van der Waals surface area contributed by atoms with Gasteiger partial charge in [-0.15, -0.1) is 0 Å². The maximum Gasteiger partial charge on any atom is 0.270 e. The number of benzene rings is 1. The first kappa shape index (κ1) is 15.2. The van der Waals surface area contributed by atoms with Crippen molar-refractivity contribution in [1.82, 2.24) is 4.98 Å². The minimum atomic E-state index is -0.160. The lowest BCUT2D eigenvalue weighted by atomic mass is 10.2. The number of anilines is 1. The summed E-state index contributed by atoms with van der Waals surface area (Å²) in [6, 6.07) is 10.9. The van der Waals surface area contributed by atoms with Crippen molar-refractivity contribution in [3.05, 3.63) is 53.2 Å². The first-order valence-electron chi connectivity index (χ1n) is 7.31. The molecule has 0 radical (unpaired) electrons. The Morgan fingerprint density at radius 1 is 1.17 bits per heavy atom. The van der Waals surface area contributed by atoms with Crippen molar-refractivity contribution in [1.29, 1.82) is 0 Å². The monoisotopic (exact) mass is 356 g/mol. The third-order valence-electron chi connectivity index (χ3n) is 3.54. The maximum absolute atomic E-state index is 12.7. The van der Waals surface area contributed by atoms with Gasteiger partial charge in [-0.1, -0.05) is 30.0 Å². The third-order valence-corrected chi connectivity index (χ3v) is 4.85. The molecular weight excluding hydrogens is 344 g/mol. The van der Waals surface area contributed by atoms with Gasteiger partial charge in [0.15, 0.2) is 15.8 Å². The molecule has 1 saturated heterocycles. The van der Waals surface area contributed by atoms with Crippen LogP contribution in [0.2, 0.25) is 0 Å². The average molecular weight is 356 g/mol. The molecule has 2 aromatic rings. The number of hydrogen-bond donors (Lipinski definition) is 0. The van der Waals surface area contributed by atoms with Gasteiger partial charge in [-0.2, -0.15) is 0 Å². The van der Waals surface area contributed by atoms with Crippen LogP contribution in [-0.4, -0.2) is 28.4 Å². The molecule has 0 saturated carbocycles. The number of thiocarbonyl (C=S) groups is 1. The van der Waals surface area contributed by atoms with Crippen molar-refractivity contribution in [3.8, 4) is 11.5 Å². The summed E-state index contributed by atoms with van der Waals surface area (Å²) in [5.74, 6) is 1.15. The highest BCUT2D eigenvalue weighted by molar-refractivity contribution is 8.27. The Kier molecular flexibility index (Phi) is 3.95. The van der Waals surface area contributed by atoms with Gasteiger partial charge in [0, 0.05) is 12.3 Å². The van der Waals surface area contributed by atoms with Crippen molar-refractivity contribution < 1.29 is 14.3 Å². The molecule has 24 heavy (non-hydrogen) atoms. The number of ether oxygens (including phenoxy) is 2. The molecule has 1 aromatic heterocycles. The van der Waals surface area contributed by atoms with Crippen molar-refractivity contribution in [2.24, 2.45) is 0 Å². The molecule has 0 atom stereocenters. The van der Waals surface area contributed by atoms with Crippen LogP contribution >= 0.6 is 24.0 Å². The van der Waals surface area contributed by atoms with Crippen LogP contribution in [0.25, 0.3) is 6.08 Å². The molecule has 2 aliphatic rings. The molecule has 0 aliphatic carbocycles. The molecule has 7 heteroatoms. The van der Waals surface area contributed by atoms with E-state index in [0.717, 1.165) is 5.69 Å². The predicted molar refractivity (Wildman–Crippen MR) is 97.3 cm³/mol. The van der Waals surface area contributed by atoms with E-state index in [1.807, 2.05) is 24.3 Å². The van der Waals surface area contributed by atoms with Gasteiger partial charge in [0.2, 0.25) is 0 Å². The molecule has 5 nitrogen and oxygen atoms in total. The van der Waals surface area contributed by atoms with E-state index in [1.165, 1.54) is 16.7 Å². The Bertz CT molecular complexity index is 852. The second-order valence-electron chi connectivity index (χ2n) is 5.10. The van der Waals surface area contributed by atoms with Gasteiger partial charge in [-0.3, -0.25) is 14.7 Å². The number of carbonyl (C=O) groups is 1. The quantitative estimate of drug-likeness (QED) is 0.608. The summed E-state index contributed by atoms with van der Waals surface area (Å²) in [5, 5.41) is 0. The van der Waals surface area contributed by atoms with Crippen molar-refractivity contribution >= 4 is 46.0 Å². The maximum atomic E-state index is 12.7. The second-order valence-corrected chi connectivity index (χ2v) is 6.78. The van der Waals surface area contributed by atoms with E-state index in [2.05, 4.69) is 4.98 Å². The summed E-state index contributed by atoms with van der Waals surface area (Å²) < 4.78 is 11.6. The Morgan fingerprint density at radius 2 is 2.00 bits per heavy atom. The van der Waals surface area contributed by atoms with Crippen LogP contribution < -0.4 is 14.4 Å². The van der Waals surface area contributed by atoms with Gasteiger partial charge < -0.3 is 9.47 Å². The molecule has 0 spiro atoms. The molecule has 1 aromatic carbocycles. The molecule has 0 bridgehead atoms. The lowest BCUT2D eigenvalue weighted by Gasteiger charge is -2.21. The Hall–Kier alpha value is -2.38. The van der Waals surface area contributed by atoms with Gasteiger partial charge in [0.05, 0.1) is 16.3 Å². The van der Waals surface area contributed by atoms with Crippen molar-refractivity contribution in [3.63, 3.8) is 0 Å². The number of thioether (sulfide) groups is 1. The van der Waals surface area contributed by atoms with Gasteiger partial charge in [0.25, 0.3) is 5.91 Å². The topological polar surface area (TPSA) is 51.7 Å². The molecule has 4 rings (SSSR count). The first-order valence-corrected chi connectivity index (χ1v) is 8.53. The summed E-state index contributed by atoms with van der Waals surface area (Å²) in [5.41, 5.74) is 1.39. The molecular formula is C17H12N2O3S2. The highest BCUT2D eigenvalue weighted by Crippen LogP contribution is 2.40. The molecule has 2 aliphatic heterocycles. The third kappa shape index (κ3) is 2.76. The minimum absolute atomic E-state index is 0.160. The van der Waals surface area contributed by atoms with Gasteiger partial charge >= 0.3 is 0 Å². The summed E-state index contributed by atoms with van der Waals surface area (Å²) in [6.07, 6.45) is 3.44. The standard InChI is InChI=1S/C17H12N2O3S2/c20-16-15(9-11-3-1-2-6-18-11)24-17(23)19(16)12-4-5-13-14(10-12)22-8-7-21-13/h1-6,9-10H,7-8H2/b15-9+. The molecule has 0 N–H and O–H groups in total. The first-order chi connectivity index (χ1) is 11.7. The number of hydrogen-bond acceptors (Lipinski definition) is 6. The van der Waals surface area contributed by atoms with Crippen LogP contribution in [0.3, 0.4) is 0 Å². The average Bonchev–Trinajstić information content (AvgIpc) is 2.89. The lowest BCUT2D eigenvalue weighted by Crippen LogP contribution is -2.27. The van der Waals surface area contributed by atoms with Crippen LogP contribution in [0.4, 0.5) is 5.69 Å². The zero-order chi connectivity index (χ0) is 16.5. The fourth-order valence-corrected chi connectivity index (χ4v) is 3.74. The zero-order valence-corrected chi connectivity index (χ0v) is 14.1. The zero-order valence-electron chi connectivity index (χ0n) is 12.5. The molecule has 120 valence electrons. The molecule has 1 amide bonds. The van der Waals surface area contributed by atoms with E-state index in [4.69, 9.17) is 21.7 Å². The minimum Gasteiger partial charge on any atom is -0.486 e. The summed E-state index contributed by atoms with van der Waals surface area (Å²) in [7, 11) is 0. The van der Waals surface area contributed by atoms with Gasteiger partial charge in [-0.05, 0) is 30.3 Å². The van der Waals surface area contributed by atoms with Crippen LogP contribution in [0.5, 0.6) is 11.5 Å². The highest BCUT2D eigenvalue weighted by Gasteiger charge is 2.34. The largest absolute Gasteiger partial charge is 0.486 e. The van der Waals surface area contributed by atoms with Gasteiger partial charge in [-0.25, -0.2) is 0 Å². The molecule has 3 heterocycles. The van der Waals surface area contributed by atoms with Gasteiger partial charge in [0.1, 0.15) is 13.2 Å². The van der Waals surface area contributed by atoms with Crippen LogP contribution in [-0.2, 0) is 4.79 Å². The highest BCUT2D eigenvalue weighted by atomic mass is 32.2. The number of amides is 1. The van der Waals surface area contributed by atoms with E-state index in [-0.39, 0.29) is 5.91 Å². The SMILES string of the molecule is O=C1/C(=C\c2ccccn2)SC(=S)N1c1ccc2c(c1)OCCO2. The number of pyridine rings is 1. The number of rotatable bonds is 2. The lowest BCUT2D eigenvalue weighted by molar-refractivity contribution is -0.113. The van der Waals surface area contributed by atoms with Crippen LogP contribution in [0.15, 0.2) is 47.5 Å².